The van der Waals surface area contributed by atoms with Crippen LogP contribution in [0.4, 0.5) is 22.0 Å². The van der Waals surface area contributed by atoms with Crippen LogP contribution in [-0.4, -0.2) is 9.97 Å². The molecule has 132 valence electrons. The van der Waals surface area contributed by atoms with Gasteiger partial charge in [-0.25, -0.2) is 22.0 Å². The van der Waals surface area contributed by atoms with E-state index in [1.54, 1.807) is 6.07 Å². The molecule has 0 unspecified atom stereocenters. The summed E-state index contributed by atoms with van der Waals surface area (Å²) < 4.78 is 69.3. The molecule has 0 bridgehead atoms. The number of allylic oxidation sites excluding steroid dienone is 1. The minimum atomic E-state index is -2.29. The van der Waals surface area contributed by atoms with Gasteiger partial charge in [-0.05, 0) is 12.1 Å². The van der Waals surface area contributed by atoms with Crippen molar-refractivity contribution in [2.45, 2.75) is 0 Å². The predicted molar refractivity (Wildman–Crippen MR) is 85.2 cm³/mol. The van der Waals surface area contributed by atoms with Crippen LogP contribution in [0, 0.1) is 40.4 Å². The maximum absolute atomic E-state index is 14.3. The molecule has 0 radical (unpaired) electrons. The molecule has 0 saturated heterocycles. The molecule has 1 aromatic carbocycles. The Morgan fingerprint density at radius 1 is 0.741 bits per heavy atom. The summed E-state index contributed by atoms with van der Waals surface area (Å²) in [5.41, 5.74) is -0.649. The molecule has 1 aliphatic rings. The van der Waals surface area contributed by atoms with Gasteiger partial charge in [-0.2, -0.15) is 5.26 Å². The standard InChI is InChI=1S/C19H6F5N3/c20-13-12(14(21)16(23)17(24)15(13)22)10(7-25)11-8-3-1-5-26-18(8)19-9(11)4-2-6-27-19/h1-6H. The Balaban J connectivity index is 2.17. The van der Waals surface area contributed by atoms with E-state index >= 15 is 0 Å². The molecule has 0 amide bonds. The van der Waals surface area contributed by atoms with E-state index in [-0.39, 0.29) is 5.57 Å². The lowest BCUT2D eigenvalue weighted by molar-refractivity contribution is 0.376. The van der Waals surface area contributed by atoms with E-state index in [0.717, 1.165) is 0 Å². The van der Waals surface area contributed by atoms with Crippen molar-refractivity contribution in [3.63, 3.8) is 0 Å². The lowest BCUT2D eigenvalue weighted by Crippen LogP contribution is -2.07. The molecule has 2 aromatic heterocycles. The Labute approximate surface area is 149 Å². The first kappa shape index (κ1) is 16.8. The van der Waals surface area contributed by atoms with Crippen LogP contribution in [0.3, 0.4) is 0 Å². The summed E-state index contributed by atoms with van der Waals surface area (Å²) >= 11 is 0. The number of pyridine rings is 2. The average Bonchev–Trinajstić information content (AvgIpc) is 3.03. The van der Waals surface area contributed by atoms with Crippen molar-refractivity contribution in [2.24, 2.45) is 0 Å². The van der Waals surface area contributed by atoms with Gasteiger partial charge in [0.05, 0.1) is 22.5 Å². The van der Waals surface area contributed by atoms with E-state index in [1.165, 1.54) is 36.7 Å². The first-order valence-electron chi connectivity index (χ1n) is 7.54. The zero-order chi connectivity index (χ0) is 19.3. The van der Waals surface area contributed by atoms with Gasteiger partial charge >= 0.3 is 0 Å². The van der Waals surface area contributed by atoms with E-state index in [4.69, 9.17) is 0 Å². The summed E-state index contributed by atoms with van der Waals surface area (Å²) in [7, 11) is 0. The van der Waals surface area contributed by atoms with Gasteiger partial charge in [0.25, 0.3) is 0 Å². The van der Waals surface area contributed by atoms with Crippen molar-refractivity contribution in [1.29, 1.82) is 5.26 Å². The normalized spacial score (nSPS) is 11.8. The molecule has 0 saturated carbocycles. The van der Waals surface area contributed by atoms with Gasteiger partial charge in [0.1, 0.15) is 6.07 Å². The van der Waals surface area contributed by atoms with Gasteiger partial charge in [-0.1, -0.05) is 12.1 Å². The van der Waals surface area contributed by atoms with E-state index in [0.29, 0.717) is 22.5 Å². The fourth-order valence-corrected chi connectivity index (χ4v) is 3.07. The maximum Gasteiger partial charge on any atom is 0.200 e. The first-order valence-corrected chi connectivity index (χ1v) is 7.54. The van der Waals surface area contributed by atoms with Gasteiger partial charge in [-0.3, -0.25) is 9.97 Å². The Hall–Kier alpha value is -3.60. The molecule has 3 aromatic rings. The van der Waals surface area contributed by atoms with Crippen LogP contribution in [0.25, 0.3) is 22.5 Å². The summed E-state index contributed by atoms with van der Waals surface area (Å²) in [4.78, 5) is 8.31. The fraction of sp³-hybridized carbons (Fsp3) is 0. The quantitative estimate of drug-likeness (QED) is 0.212. The minimum absolute atomic E-state index is 0.00640. The average molecular weight is 371 g/mol. The summed E-state index contributed by atoms with van der Waals surface area (Å²) in [5.74, 6) is -10.7. The van der Waals surface area contributed by atoms with Gasteiger partial charge in [0, 0.05) is 29.1 Å². The number of fused-ring (bicyclic) bond motifs is 3. The second-order valence-corrected chi connectivity index (χ2v) is 5.61. The molecule has 27 heavy (non-hydrogen) atoms. The summed E-state index contributed by atoms with van der Waals surface area (Å²) in [6, 6.07) is 7.70. The number of halogens is 5. The minimum Gasteiger partial charge on any atom is -0.254 e. The van der Waals surface area contributed by atoms with Crippen molar-refractivity contribution >= 4 is 11.1 Å². The van der Waals surface area contributed by atoms with Crippen LogP contribution in [0.2, 0.25) is 0 Å². The van der Waals surface area contributed by atoms with E-state index in [1.807, 2.05) is 0 Å². The molecule has 1 aliphatic carbocycles. The number of aromatic nitrogens is 2. The number of nitrogens with zero attached hydrogens (tertiary/aromatic N) is 3. The molecule has 8 heteroatoms. The zero-order valence-corrected chi connectivity index (χ0v) is 13.2. The molecule has 2 heterocycles. The number of hydrogen-bond donors (Lipinski definition) is 0. The maximum atomic E-state index is 14.3. The first-order chi connectivity index (χ1) is 13.0. The second-order valence-electron chi connectivity index (χ2n) is 5.61. The Morgan fingerprint density at radius 3 is 1.63 bits per heavy atom. The van der Waals surface area contributed by atoms with Crippen LogP contribution in [0.1, 0.15) is 16.7 Å². The third-order valence-electron chi connectivity index (χ3n) is 4.20. The third kappa shape index (κ3) is 2.25. The number of rotatable bonds is 1. The van der Waals surface area contributed by atoms with Crippen molar-refractivity contribution in [3.8, 4) is 17.5 Å². The van der Waals surface area contributed by atoms with E-state index in [9.17, 15) is 27.2 Å². The van der Waals surface area contributed by atoms with E-state index in [2.05, 4.69) is 9.97 Å². The topological polar surface area (TPSA) is 49.6 Å². The zero-order valence-electron chi connectivity index (χ0n) is 13.2. The third-order valence-corrected chi connectivity index (χ3v) is 4.20. The van der Waals surface area contributed by atoms with Gasteiger partial charge in [-0.15, -0.1) is 0 Å². The van der Waals surface area contributed by atoms with E-state index < -0.39 is 40.2 Å². The summed E-state index contributed by atoms with van der Waals surface area (Å²) in [5, 5.41) is 9.57. The van der Waals surface area contributed by atoms with Crippen LogP contribution in [0.5, 0.6) is 0 Å². The number of hydrogen-bond acceptors (Lipinski definition) is 3. The molecule has 0 aliphatic heterocycles. The van der Waals surface area contributed by atoms with Gasteiger partial charge in [0.2, 0.25) is 5.82 Å². The second kappa shape index (κ2) is 5.99. The molecule has 0 N–H and O–H groups in total. The van der Waals surface area contributed by atoms with Crippen LogP contribution >= 0.6 is 0 Å². The molecule has 4 rings (SSSR count). The summed E-state index contributed by atoms with van der Waals surface area (Å²) in [6.45, 7) is 0. The highest BCUT2D eigenvalue weighted by Crippen LogP contribution is 2.46. The van der Waals surface area contributed by atoms with Crippen molar-refractivity contribution in [2.75, 3.05) is 0 Å². The Morgan fingerprint density at radius 2 is 1.19 bits per heavy atom. The highest BCUT2D eigenvalue weighted by Gasteiger charge is 2.34. The Kier molecular flexibility index (Phi) is 3.73. The van der Waals surface area contributed by atoms with Crippen molar-refractivity contribution in [1.82, 2.24) is 9.97 Å². The molecule has 0 spiro atoms. The monoisotopic (exact) mass is 371 g/mol. The SMILES string of the molecule is N#CC(=C1c2cccnc2-c2ncccc21)c1c(F)c(F)c(F)c(F)c1F. The predicted octanol–water partition coefficient (Wildman–Crippen LogP) is 4.64. The van der Waals surface area contributed by atoms with Gasteiger partial charge in [0.15, 0.2) is 23.3 Å². The molecule has 0 fully saturated rings. The lowest BCUT2D eigenvalue weighted by Gasteiger charge is -2.11. The molecule has 0 atom stereocenters. The fourth-order valence-electron chi connectivity index (χ4n) is 3.07. The Bertz CT molecular complexity index is 1120. The lowest BCUT2D eigenvalue weighted by atomic mass is 9.93. The number of nitriles is 1. The van der Waals surface area contributed by atoms with Gasteiger partial charge < -0.3 is 0 Å². The highest BCUT2D eigenvalue weighted by atomic mass is 19.2. The van der Waals surface area contributed by atoms with Crippen molar-refractivity contribution in [3.05, 3.63) is 82.4 Å². The van der Waals surface area contributed by atoms with Crippen LogP contribution < -0.4 is 0 Å². The van der Waals surface area contributed by atoms with Crippen LogP contribution in [-0.2, 0) is 0 Å². The summed E-state index contributed by atoms with van der Waals surface area (Å²) in [6.07, 6.45) is 2.93. The molecular weight excluding hydrogens is 365 g/mol. The highest BCUT2D eigenvalue weighted by molar-refractivity contribution is 6.11. The molecular formula is C19H6F5N3. The number of benzene rings is 1. The van der Waals surface area contributed by atoms with Crippen molar-refractivity contribution < 1.29 is 22.0 Å². The smallest absolute Gasteiger partial charge is 0.200 e. The molecule has 3 nitrogen and oxygen atoms in total. The largest absolute Gasteiger partial charge is 0.254 e. The van der Waals surface area contributed by atoms with Crippen LogP contribution in [0.15, 0.2) is 36.7 Å².